The largest absolute Gasteiger partial charge is 0.492 e. The molecule has 3 N–H and O–H groups in total. The molecule has 2 aliphatic heterocycles. The van der Waals surface area contributed by atoms with Gasteiger partial charge in [0, 0.05) is 26.7 Å². The summed E-state index contributed by atoms with van der Waals surface area (Å²) in [7, 11) is -9.51. The Kier molecular flexibility index (Phi) is 12.3. The van der Waals surface area contributed by atoms with Gasteiger partial charge in [-0.2, -0.15) is 26.1 Å². The molecule has 2 saturated heterocycles. The monoisotopic (exact) mass is 768 g/mol. The summed E-state index contributed by atoms with van der Waals surface area (Å²) in [6.45, 7) is -1.31. The van der Waals surface area contributed by atoms with Gasteiger partial charge in [0.05, 0.1) is 36.5 Å². The fraction of sp³-hybridized carbons (Fsp3) is 0.524. The van der Waals surface area contributed by atoms with E-state index in [1.165, 1.54) is 45.0 Å². The van der Waals surface area contributed by atoms with Gasteiger partial charge in [0.2, 0.25) is 0 Å². The first kappa shape index (κ1) is 37.8. The van der Waals surface area contributed by atoms with Crippen LogP contribution in [0.2, 0.25) is 0 Å². The van der Waals surface area contributed by atoms with Crippen LogP contribution in [0.5, 0.6) is 0 Å². The Bertz CT molecular complexity index is 1690. The van der Waals surface area contributed by atoms with Crippen LogP contribution in [-0.2, 0) is 45.4 Å². The molecule has 0 saturated carbocycles. The van der Waals surface area contributed by atoms with Gasteiger partial charge in [-0.1, -0.05) is 33.4 Å². The molecule has 1 amide bonds. The number of alkyl halides is 3. The Hall–Kier alpha value is -2.02. The average molecular weight is 769 g/mol. The van der Waals surface area contributed by atoms with Gasteiger partial charge in [-0.15, -0.1) is 0 Å². The van der Waals surface area contributed by atoms with E-state index in [0.717, 1.165) is 0 Å². The molecular formula is C21H26F3N6O12P3S2. The Labute approximate surface area is 272 Å². The number of nitrogens with one attached hydrogen (secondary N) is 1. The number of fused-ring (bicyclic) bond motifs is 1. The highest BCUT2D eigenvalue weighted by molar-refractivity contribution is 8.76. The molecule has 3 unspecified atom stereocenters. The van der Waals surface area contributed by atoms with E-state index in [0.29, 0.717) is 5.39 Å². The number of nitrogens with zero attached hydrogens (tertiary/aromatic N) is 5. The third-order valence-corrected chi connectivity index (χ3v) is 12.6. The molecule has 0 bridgehead atoms. The number of hydrogen-bond donors (Lipinski definition) is 3. The summed E-state index contributed by atoms with van der Waals surface area (Å²) < 4.78 is 105. The Balaban J connectivity index is 1.65. The lowest BCUT2D eigenvalue weighted by molar-refractivity contribution is -0.173. The summed E-state index contributed by atoms with van der Waals surface area (Å²) in [5.74, 6) is 3.31. The highest BCUT2D eigenvalue weighted by Gasteiger charge is 2.55. The summed E-state index contributed by atoms with van der Waals surface area (Å²) in [5.41, 5.74) is 0.460. The zero-order valence-electron chi connectivity index (χ0n) is 24.3. The van der Waals surface area contributed by atoms with Crippen LogP contribution in [0.1, 0.15) is 18.2 Å². The summed E-state index contributed by atoms with van der Waals surface area (Å²) in [6, 6.07) is 0. The first-order valence-electron chi connectivity index (χ1n) is 12.8. The van der Waals surface area contributed by atoms with E-state index >= 15 is 0 Å². The number of aliphatic imine (C=N–C) groups is 1. The molecule has 260 valence electrons. The number of rotatable bonds is 11. The number of aromatic nitrogens is 3. The molecule has 4 rings (SSSR count). The molecule has 2 aliphatic rings. The van der Waals surface area contributed by atoms with Crippen LogP contribution in [0.15, 0.2) is 17.5 Å². The third kappa shape index (κ3) is 10.2. The molecule has 0 radical (unpaired) electrons. The van der Waals surface area contributed by atoms with Crippen molar-refractivity contribution >= 4 is 74.2 Å². The van der Waals surface area contributed by atoms with Crippen LogP contribution >= 0.6 is 45.1 Å². The lowest BCUT2D eigenvalue weighted by atomic mass is 10.2. The van der Waals surface area contributed by atoms with Crippen molar-refractivity contribution in [2.75, 3.05) is 39.4 Å². The van der Waals surface area contributed by atoms with Crippen LogP contribution in [0, 0.1) is 11.8 Å². The molecule has 0 spiro atoms. The van der Waals surface area contributed by atoms with Gasteiger partial charge < -0.3 is 34.0 Å². The van der Waals surface area contributed by atoms with E-state index in [1.807, 2.05) is 6.26 Å². The van der Waals surface area contributed by atoms with E-state index in [2.05, 4.69) is 39.7 Å². The van der Waals surface area contributed by atoms with Crippen molar-refractivity contribution < 1.29 is 68.4 Å². The maximum Gasteiger partial charge on any atom is 0.492 e. The highest BCUT2D eigenvalue weighted by atomic mass is 33.1. The molecule has 0 aromatic carbocycles. The minimum Gasteiger partial charge on any atom is -0.369 e. The van der Waals surface area contributed by atoms with E-state index in [4.69, 9.17) is 14.0 Å². The molecule has 47 heavy (non-hydrogen) atoms. The lowest BCUT2D eigenvalue weighted by Crippen LogP contribution is -2.36. The number of ether oxygens (including phenoxy) is 2. The van der Waals surface area contributed by atoms with Crippen molar-refractivity contribution in [3.05, 3.63) is 18.1 Å². The van der Waals surface area contributed by atoms with Crippen LogP contribution in [0.3, 0.4) is 0 Å². The summed E-state index contributed by atoms with van der Waals surface area (Å²) in [5, 5.41) is 1.96. The van der Waals surface area contributed by atoms with Crippen LogP contribution in [0.4, 0.5) is 19.0 Å². The molecule has 2 fully saturated rings. The fourth-order valence-corrected chi connectivity index (χ4v) is 9.73. The minimum atomic E-state index is -5.28. The number of carbonyl (C=O) groups is 1. The zero-order chi connectivity index (χ0) is 34.6. The second-order valence-electron chi connectivity index (χ2n) is 9.43. The molecule has 2 aromatic rings. The van der Waals surface area contributed by atoms with Gasteiger partial charge >= 0.3 is 35.6 Å². The second-order valence-corrected chi connectivity index (χ2v) is 16.9. The quantitative estimate of drug-likeness (QED) is 0.0564. The summed E-state index contributed by atoms with van der Waals surface area (Å²) in [6.07, 6.45) is -1.78. The summed E-state index contributed by atoms with van der Waals surface area (Å²) >= 11 is 0. The van der Waals surface area contributed by atoms with E-state index in [1.54, 1.807) is 24.3 Å². The fourth-order valence-electron chi connectivity index (χ4n) is 4.01. The summed E-state index contributed by atoms with van der Waals surface area (Å²) in [4.78, 5) is 44.7. The first-order chi connectivity index (χ1) is 21.9. The maximum atomic E-state index is 12.8. The minimum absolute atomic E-state index is 0.105. The van der Waals surface area contributed by atoms with Crippen LogP contribution in [0.25, 0.3) is 11.0 Å². The lowest BCUT2D eigenvalue weighted by Gasteiger charge is -2.28. The molecule has 0 aliphatic carbocycles. The second kappa shape index (κ2) is 15.3. The zero-order valence-corrected chi connectivity index (χ0v) is 28.6. The Morgan fingerprint density at radius 2 is 1.96 bits per heavy atom. The molecular weight excluding hydrogens is 742 g/mol. The number of hydrogen-bond acceptors (Lipinski definition) is 15. The van der Waals surface area contributed by atoms with Gasteiger partial charge in [-0.25, -0.2) is 28.7 Å². The van der Waals surface area contributed by atoms with Crippen molar-refractivity contribution in [1.82, 2.24) is 24.8 Å². The van der Waals surface area contributed by atoms with Crippen molar-refractivity contribution in [3.8, 4) is 11.8 Å². The topological polar surface area (TPSA) is 222 Å². The molecule has 5 atom stereocenters. The van der Waals surface area contributed by atoms with Crippen molar-refractivity contribution in [1.29, 1.82) is 0 Å². The first-order valence-corrected chi connectivity index (χ1v) is 20.0. The molecule has 26 heteroatoms. The van der Waals surface area contributed by atoms with Crippen molar-refractivity contribution in [3.63, 3.8) is 0 Å². The Morgan fingerprint density at radius 1 is 1.26 bits per heavy atom. The number of halogens is 3. The SMILES string of the molecule is CSSCOC1C[C@H](n2cc(C#CCNC(=O)C(F)(F)F)c3c(/N=C/N(C)C)ncnc32)O[C@@H]1COP1(=O)OP(=O)(O)OP(=O)(O)O1. The van der Waals surface area contributed by atoms with Gasteiger partial charge in [0.25, 0.3) is 0 Å². The average Bonchev–Trinajstić information content (AvgIpc) is 3.52. The van der Waals surface area contributed by atoms with Gasteiger partial charge in [0.1, 0.15) is 30.2 Å². The molecule has 18 nitrogen and oxygen atoms in total. The standard InChI is InChI=1S/C21H26F3N6O12P3S2/c1-29(2)11-28-18-17-13(5-4-6-25-20(31)21(22,23)24)8-30(19(17)27-10-26-18)16-7-14(37-12-47-46-3)15(39-16)9-38-45(36)41-43(32,33)40-44(34,35)42-45/h8,10-11,14-16H,6-7,9,12H2,1-3H3,(H,25,31)(H,32,33)(H,34,35)/b28-11+/t14?,15-,16-/m1/s1. The van der Waals surface area contributed by atoms with E-state index in [9.17, 15) is 41.4 Å². The van der Waals surface area contributed by atoms with Crippen molar-refractivity contribution in [2.24, 2.45) is 4.99 Å². The van der Waals surface area contributed by atoms with E-state index in [-0.39, 0.29) is 29.4 Å². The maximum absolute atomic E-state index is 12.8. The van der Waals surface area contributed by atoms with Crippen LogP contribution < -0.4 is 5.32 Å². The number of carbonyl (C=O) groups excluding carboxylic acids is 1. The van der Waals surface area contributed by atoms with Gasteiger partial charge in [0.15, 0.2) is 5.82 Å². The van der Waals surface area contributed by atoms with Crippen LogP contribution in [-0.4, -0.2) is 99.3 Å². The normalized spacial score (nSPS) is 29.6. The smallest absolute Gasteiger partial charge is 0.369 e. The number of amides is 1. The highest BCUT2D eigenvalue weighted by Crippen LogP contribution is 2.80. The molecule has 4 heterocycles. The van der Waals surface area contributed by atoms with Crippen molar-refractivity contribution in [2.45, 2.75) is 31.0 Å². The number of phosphoric acid groups is 3. The van der Waals surface area contributed by atoms with Gasteiger partial charge in [-0.3, -0.25) is 9.32 Å². The molecule has 2 aromatic heterocycles. The predicted octanol–water partition coefficient (Wildman–Crippen LogP) is 3.71. The Morgan fingerprint density at radius 3 is 2.60 bits per heavy atom. The van der Waals surface area contributed by atoms with E-state index < -0.39 is 67.1 Å². The predicted molar refractivity (Wildman–Crippen MR) is 161 cm³/mol. The third-order valence-electron chi connectivity index (χ3n) is 5.77. The van der Waals surface area contributed by atoms with Gasteiger partial charge in [-0.05, 0) is 6.26 Å².